The molecule has 1 amide bonds. The quantitative estimate of drug-likeness (QED) is 0.573. The minimum absolute atomic E-state index is 0.365. The Kier molecular flexibility index (Phi) is 7.20. The fraction of sp³-hybridized carbons (Fsp3) is 0.250. The summed E-state index contributed by atoms with van der Waals surface area (Å²) in [5, 5.41) is 12.6. The molecule has 0 unspecified atom stereocenters. The van der Waals surface area contributed by atoms with Crippen molar-refractivity contribution in [1.82, 2.24) is 5.43 Å². The van der Waals surface area contributed by atoms with E-state index in [1.165, 1.54) is 14.2 Å². The highest BCUT2D eigenvalue weighted by Gasteiger charge is 2.09. The third kappa shape index (κ3) is 5.75. The number of carbonyl (C=O) groups is 1. The molecule has 0 fully saturated rings. The molecule has 0 saturated carbocycles. The number of ether oxygens (including phenoxy) is 2. The van der Waals surface area contributed by atoms with Gasteiger partial charge in [-0.05, 0) is 29.8 Å². The monoisotopic (exact) mass is 366 g/mol. The number of methoxy groups -OCH3 is 2. The number of carbonyl (C=O) groups excluding carboxylic acids is 1. The number of amides is 1. The number of hydrogen-bond acceptors (Lipinski definition) is 6. The number of hydrogen-bond donors (Lipinski definition) is 1. The van der Waals surface area contributed by atoms with Crippen LogP contribution in [0.1, 0.15) is 22.3 Å². The Balaban J connectivity index is 1.99. The number of anilines is 1. The van der Waals surface area contributed by atoms with Crippen LogP contribution in [-0.2, 0) is 0 Å². The number of hydrazone groups is 1. The van der Waals surface area contributed by atoms with E-state index in [0.717, 1.165) is 11.3 Å². The molecule has 0 aromatic heterocycles. The van der Waals surface area contributed by atoms with Crippen LogP contribution in [0.2, 0.25) is 0 Å². The van der Waals surface area contributed by atoms with Gasteiger partial charge in [-0.3, -0.25) is 4.79 Å². The molecule has 2 aromatic rings. The molecule has 0 bridgehead atoms. The topological polar surface area (TPSA) is 87.0 Å². The largest absolute Gasteiger partial charge is 0.497 e. The molecule has 2 rings (SSSR count). The van der Waals surface area contributed by atoms with Gasteiger partial charge in [-0.2, -0.15) is 10.4 Å². The summed E-state index contributed by atoms with van der Waals surface area (Å²) in [6.45, 7) is 0.671. The third-order valence-electron chi connectivity index (χ3n) is 3.89. The van der Waals surface area contributed by atoms with Gasteiger partial charge in [0.2, 0.25) is 0 Å². The van der Waals surface area contributed by atoms with E-state index in [1.807, 2.05) is 36.2 Å². The van der Waals surface area contributed by atoms with E-state index in [4.69, 9.17) is 14.7 Å². The van der Waals surface area contributed by atoms with Gasteiger partial charge in [0.15, 0.2) is 0 Å². The maximum absolute atomic E-state index is 12.2. The molecule has 0 heterocycles. The molecule has 0 aliphatic carbocycles. The van der Waals surface area contributed by atoms with Gasteiger partial charge in [0, 0.05) is 30.9 Å². The zero-order valence-electron chi connectivity index (χ0n) is 15.6. The summed E-state index contributed by atoms with van der Waals surface area (Å²) >= 11 is 0. The zero-order valence-corrected chi connectivity index (χ0v) is 15.6. The van der Waals surface area contributed by atoms with E-state index in [9.17, 15) is 4.79 Å². The lowest BCUT2D eigenvalue weighted by Crippen LogP contribution is -2.18. The minimum Gasteiger partial charge on any atom is -0.497 e. The van der Waals surface area contributed by atoms with Crippen LogP contribution < -0.4 is 19.8 Å². The third-order valence-corrected chi connectivity index (χ3v) is 3.89. The molecule has 2 aromatic carbocycles. The van der Waals surface area contributed by atoms with Gasteiger partial charge in [-0.15, -0.1) is 0 Å². The Morgan fingerprint density at radius 3 is 2.37 bits per heavy atom. The highest BCUT2D eigenvalue weighted by atomic mass is 16.5. The predicted molar refractivity (Wildman–Crippen MR) is 105 cm³/mol. The first kappa shape index (κ1) is 19.8. The first-order valence-electron chi connectivity index (χ1n) is 8.32. The van der Waals surface area contributed by atoms with Crippen molar-refractivity contribution in [1.29, 1.82) is 5.26 Å². The molecule has 0 radical (unpaired) electrons. The van der Waals surface area contributed by atoms with E-state index >= 15 is 0 Å². The molecule has 7 nitrogen and oxygen atoms in total. The maximum Gasteiger partial charge on any atom is 0.271 e. The van der Waals surface area contributed by atoms with Crippen LogP contribution in [0.5, 0.6) is 11.5 Å². The highest BCUT2D eigenvalue weighted by molar-refractivity contribution is 5.95. The standard InChI is InChI=1S/C20H22N4O3/c1-24(10-4-9-21)17-7-5-15(6-8-17)14-22-23-20(25)16-11-18(26-2)13-19(12-16)27-3/h5-8,11-14H,4,10H2,1-3H3,(H,23,25)/b22-14-. The molecule has 0 saturated heterocycles. The van der Waals surface area contributed by atoms with Gasteiger partial charge in [0.25, 0.3) is 5.91 Å². The molecular weight excluding hydrogens is 344 g/mol. The smallest absolute Gasteiger partial charge is 0.271 e. The fourth-order valence-electron chi connectivity index (χ4n) is 2.33. The number of nitriles is 1. The summed E-state index contributed by atoms with van der Waals surface area (Å²) in [4.78, 5) is 14.2. The van der Waals surface area contributed by atoms with Crippen LogP contribution >= 0.6 is 0 Å². The molecule has 140 valence electrons. The van der Waals surface area contributed by atoms with Crippen molar-refractivity contribution >= 4 is 17.8 Å². The fourth-order valence-corrected chi connectivity index (χ4v) is 2.33. The Labute approximate surface area is 158 Å². The van der Waals surface area contributed by atoms with Gasteiger partial charge in [0.1, 0.15) is 11.5 Å². The lowest BCUT2D eigenvalue weighted by atomic mass is 10.2. The summed E-state index contributed by atoms with van der Waals surface area (Å²) in [5.74, 6) is 0.690. The van der Waals surface area contributed by atoms with Gasteiger partial charge in [-0.1, -0.05) is 12.1 Å². The normalized spacial score (nSPS) is 10.3. The van der Waals surface area contributed by atoms with Crippen molar-refractivity contribution in [2.45, 2.75) is 6.42 Å². The molecule has 0 aliphatic rings. The second kappa shape index (κ2) is 9.82. The molecule has 0 spiro atoms. The SMILES string of the molecule is COc1cc(OC)cc(C(=O)N/N=C\c2ccc(N(C)CCC#N)cc2)c1. The van der Waals surface area contributed by atoms with Crippen LogP contribution in [0.15, 0.2) is 47.6 Å². The van der Waals surface area contributed by atoms with Crippen molar-refractivity contribution < 1.29 is 14.3 Å². The van der Waals surface area contributed by atoms with Gasteiger partial charge in [-0.25, -0.2) is 5.43 Å². The second-order valence-corrected chi connectivity index (χ2v) is 5.72. The molecule has 1 N–H and O–H groups in total. The first-order valence-corrected chi connectivity index (χ1v) is 8.32. The zero-order chi connectivity index (χ0) is 19.6. The van der Waals surface area contributed by atoms with E-state index in [1.54, 1.807) is 24.4 Å². The molecule has 7 heteroatoms. The van der Waals surface area contributed by atoms with E-state index in [0.29, 0.717) is 30.0 Å². The average molecular weight is 366 g/mol. The van der Waals surface area contributed by atoms with Crippen molar-refractivity contribution in [2.75, 3.05) is 32.7 Å². The Morgan fingerprint density at radius 1 is 1.19 bits per heavy atom. The molecule has 27 heavy (non-hydrogen) atoms. The summed E-state index contributed by atoms with van der Waals surface area (Å²) in [6, 6.07) is 14.7. The Hall–Kier alpha value is -3.53. The summed E-state index contributed by atoms with van der Waals surface area (Å²) in [7, 11) is 4.98. The maximum atomic E-state index is 12.2. The van der Waals surface area contributed by atoms with Gasteiger partial charge >= 0.3 is 0 Å². The summed E-state index contributed by atoms with van der Waals surface area (Å²) in [5.41, 5.74) is 4.73. The predicted octanol–water partition coefficient (Wildman–Crippen LogP) is 2.82. The van der Waals surface area contributed by atoms with E-state index < -0.39 is 0 Å². The van der Waals surface area contributed by atoms with Crippen molar-refractivity contribution in [3.63, 3.8) is 0 Å². The van der Waals surface area contributed by atoms with Crippen molar-refractivity contribution in [3.05, 3.63) is 53.6 Å². The van der Waals surface area contributed by atoms with Crippen molar-refractivity contribution in [3.8, 4) is 17.6 Å². The number of benzene rings is 2. The van der Waals surface area contributed by atoms with Crippen LogP contribution in [0.3, 0.4) is 0 Å². The second-order valence-electron chi connectivity index (χ2n) is 5.72. The highest BCUT2D eigenvalue weighted by Crippen LogP contribution is 2.22. The Morgan fingerprint density at radius 2 is 1.81 bits per heavy atom. The van der Waals surface area contributed by atoms with E-state index in [2.05, 4.69) is 16.6 Å². The average Bonchev–Trinajstić information content (AvgIpc) is 2.71. The van der Waals surface area contributed by atoms with Gasteiger partial charge < -0.3 is 14.4 Å². The number of rotatable bonds is 8. The lowest BCUT2D eigenvalue weighted by Gasteiger charge is -2.17. The molecular formula is C20H22N4O3. The number of nitrogens with zero attached hydrogens (tertiary/aromatic N) is 3. The molecule has 0 aliphatic heterocycles. The first-order chi connectivity index (χ1) is 13.1. The van der Waals surface area contributed by atoms with Gasteiger partial charge in [0.05, 0.1) is 32.9 Å². The van der Waals surface area contributed by atoms with E-state index in [-0.39, 0.29) is 5.91 Å². The summed E-state index contributed by atoms with van der Waals surface area (Å²) in [6.07, 6.45) is 2.04. The van der Waals surface area contributed by atoms with Crippen LogP contribution in [0.4, 0.5) is 5.69 Å². The number of nitrogens with one attached hydrogen (secondary N) is 1. The van der Waals surface area contributed by atoms with Crippen LogP contribution in [0.25, 0.3) is 0 Å². The Bertz CT molecular complexity index is 819. The molecule has 0 atom stereocenters. The lowest BCUT2D eigenvalue weighted by molar-refractivity contribution is 0.0954. The minimum atomic E-state index is -0.365. The van der Waals surface area contributed by atoms with Crippen LogP contribution in [-0.4, -0.2) is 39.9 Å². The van der Waals surface area contributed by atoms with Crippen molar-refractivity contribution in [2.24, 2.45) is 5.10 Å². The summed E-state index contributed by atoms with van der Waals surface area (Å²) < 4.78 is 10.3. The van der Waals surface area contributed by atoms with Crippen LogP contribution in [0, 0.1) is 11.3 Å².